The SMILES string of the molecule is O=C1c2ccccc2C(=O)N1c1nc(Br)c(F)s1. The molecular weight excluding hydrogens is 323 g/mol. The van der Waals surface area contributed by atoms with Crippen LogP contribution in [0.5, 0.6) is 0 Å². The topological polar surface area (TPSA) is 50.3 Å². The van der Waals surface area contributed by atoms with E-state index in [1.807, 2.05) is 0 Å². The number of imide groups is 1. The van der Waals surface area contributed by atoms with Crippen LogP contribution in [0.25, 0.3) is 0 Å². The van der Waals surface area contributed by atoms with E-state index in [4.69, 9.17) is 0 Å². The molecule has 1 aromatic carbocycles. The molecule has 0 saturated heterocycles. The van der Waals surface area contributed by atoms with Crippen molar-refractivity contribution >= 4 is 44.2 Å². The number of amides is 2. The fourth-order valence-corrected chi connectivity index (χ4v) is 2.94. The lowest BCUT2D eigenvalue weighted by Gasteiger charge is -2.08. The minimum Gasteiger partial charge on any atom is -0.268 e. The third kappa shape index (κ3) is 1.51. The first-order chi connectivity index (χ1) is 8.59. The van der Waals surface area contributed by atoms with Gasteiger partial charge in [0.15, 0.2) is 4.60 Å². The zero-order valence-electron chi connectivity index (χ0n) is 8.68. The van der Waals surface area contributed by atoms with Crippen molar-refractivity contribution in [3.63, 3.8) is 0 Å². The molecule has 7 heteroatoms. The lowest BCUT2D eigenvalue weighted by molar-refractivity contribution is 0.0926. The van der Waals surface area contributed by atoms with Gasteiger partial charge in [0, 0.05) is 0 Å². The Morgan fingerprint density at radius 3 is 2.17 bits per heavy atom. The lowest BCUT2D eigenvalue weighted by atomic mass is 10.1. The van der Waals surface area contributed by atoms with Crippen LogP contribution in [0, 0.1) is 5.13 Å². The first-order valence-corrected chi connectivity index (χ1v) is 6.50. The third-order valence-electron chi connectivity index (χ3n) is 2.52. The maximum Gasteiger partial charge on any atom is 0.268 e. The summed E-state index contributed by atoms with van der Waals surface area (Å²) in [5.41, 5.74) is 0.628. The summed E-state index contributed by atoms with van der Waals surface area (Å²) in [6.07, 6.45) is 0. The van der Waals surface area contributed by atoms with Crippen LogP contribution in [0.1, 0.15) is 20.7 Å². The standard InChI is InChI=1S/C11H4BrFN2O2S/c12-7-8(13)18-11(14-7)15-9(16)5-3-1-2-4-6(5)10(15)17/h1-4H. The number of anilines is 1. The van der Waals surface area contributed by atoms with E-state index in [9.17, 15) is 14.0 Å². The second kappa shape index (κ2) is 3.96. The van der Waals surface area contributed by atoms with Gasteiger partial charge in [0.1, 0.15) is 0 Å². The molecule has 0 aliphatic carbocycles. The average Bonchev–Trinajstić information content (AvgIpc) is 2.80. The molecule has 0 fully saturated rings. The summed E-state index contributed by atoms with van der Waals surface area (Å²) in [5, 5.41) is -0.535. The number of halogens is 2. The average molecular weight is 327 g/mol. The second-order valence-corrected chi connectivity index (χ2v) is 5.23. The molecule has 2 amide bonds. The molecule has 90 valence electrons. The second-order valence-electron chi connectivity index (χ2n) is 3.55. The monoisotopic (exact) mass is 326 g/mol. The molecular formula is C11H4BrFN2O2S. The Morgan fingerprint density at radius 2 is 1.72 bits per heavy atom. The van der Waals surface area contributed by atoms with Crippen LogP contribution in [-0.2, 0) is 0 Å². The van der Waals surface area contributed by atoms with E-state index >= 15 is 0 Å². The highest BCUT2D eigenvalue weighted by atomic mass is 79.9. The van der Waals surface area contributed by atoms with Gasteiger partial charge in [0.2, 0.25) is 10.3 Å². The highest BCUT2D eigenvalue weighted by Gasteiger charge is 2.38. The van der Waals surface area contributed by atoms with Crippen LogP contribution in [0.3, 0.4) is 0 Å². The number of rotatable bonds is 1. The van der Waals surface area contributed by atoms with Crippen LogP contribution < -0.4 is 4.90 Å². The first kappa shape index (κ1) is 11.5. The van der Waals surface area contributed by atoms with Gasteiger partial charge in [0.05, 0.1) is 11.1 Å². The van der Waals surface area contributed by atoms with Gasteiger partial charge in [-0.25, -0.2) is 9.88 Å². The molecule has 18 heavy (non-hydrogen) atoms. The zero-order valence-corrected chi connectivity index (χ0v) is 11.1. The molecule has 2 heterocycles. The summed E-state index contributed by atoms with van der Waals surface area (Å²) in [5.74, 6) is -0.950. The van der Waals surface area contributed by atoms with Crippen molar-refractivity contribution in [3.8, 4) is 0 Å². The fraction of sp³-hybridized carbons (Fsp3) is 0. The molecule has 2 aromatic rings. The number of hydrogen-bond acceptors (Lipinski definition) is 4. The number of hydrogen-bond donors (Lipinski definition) is 0. The van der Waals surface area contributed by atoms with E-state index in [1.165, 1.54) is 0 Å². The Hall–Kier alpha value is -1.60. The number of thiazole rings is 1. The summed E-state index contributed by atoms with van der Waals surface area (Å²) in [7, 11) is 0. The summed E-state index contributed by atoms with van der Waals surface area (Å²) in [6, 6.07) is 6.47. The van der Waals surface area contributed by atoms with Crippen molar-refractivity contribution in [2.75, 3.05) is 4.90 Å². The number of benzene rings is 1. The van der Waals surface area contributed by atoms with Gasteiger partial charge < -0.3 is 0 Å². The summed E-state index contributed by atoms with van der Waals surface area (Å²) in [6.45, 7) is 0. The van der Waals surface area contributed by atoms with E-state index < -0.39 is 16.9 Å². The number of carbonyl (C=O) groups excluding carboxylic acids is 2. The van der Waals surface area contributed by atoms with E-state index in [-0.39, 0.29) is 9.73 Å². The number of carbonyl (C=O) groups is 2. The number of aromatic nitrogens is 1. The van der Waals surface area contributed by atoms with Crippen molar-refractivity contribution in [1.29, 1.82) is 0 Å². The molecule has 0 atom stereocenters. The maximum atomic E-state index is 13.2. The van der Waals surface area contributed by atoms with Gasteiger partial charge in [0.25, 0.3) is 11.8 Å². The third-order valence-corrected chi connectivity index (χ3v) is 4.14. The van der Waals surface area contributed by atoms with E-state index in [0.29, 0.717) is 22.5 Å². The van der Waals surface area contributed by atoms with Crippen LogP contribution in [0.4, 0.5) is 9.52 Å². The fourth-order valence-electron chi connectivity index (χ4n) is 1.73. The molecule has 0 spiro atoms. The Balaban J connectivity index is 2.12. The van der Waals surface area contributed by atoms with Gasteiger partial charge in [-0.1, -0.05) is 23.5 Å². The highest BCUT2D eigenvalue weighted by Crippen LogP contribution is 2.33. The summed E-state index contributed by atoms with van der Waals surface area (Å²) < 4.78 is 13.2. The highest BCUT2D eigenvalue weighted by molar-refractivity contribution is 9.10. The Kier molecular flexibility index (Phi) is 2.53. The van der Waals surface area contributed by atoms with Crippen LogP contribution >= 0.6 is 27.3 Å². The molecule has 0 radical (unpaired) electrons. The number of fused-ring (bicyclic) bond motifs is 1. The van der Waals surface area contributed by atoms with Crippen LogP contribution in [-0.4, -0.2) is 16.8 Å². The van der Waals surface area contributed by atoms with Gasteiger partial charge >= 0.3 is 0 Å². The van der Waals surface area contributed by atoms with E-state index in [1.54, 1.807) is 24.3 Å². The molecule has 0 bridgehead atoms. The van der Waals surface area contributed by atoms with Crippen molar-refractivity contribution in [3.05, 3.63) is 45.1 Å². The van der Waals surface area contributed by atoms with Gasteiger partial charge in [-0.05, 0) is 28.1 Å². The van der Waals surface area contributed by atoms with Crippen LogP contribution in [0.2, 0.25) is 0 Å². The van der Waals surface area contributed by atoms with Gasteiger partial charge in [-0.3, -0.25) is 9.59 Å². The first-order valence-electron chi connectivity index (χ1n) is 4.89. The van der Waals surface area contributed by atoms with Crippen molar-refractivity contribution in [2.45, 2.75) is 0 Å². The van der Waals surface area contributed by atoms with Crippen LogP contribution in [0.15, 0.2) is 28.9 Å². The van der Waals surface area contributed by atoms with Crippen molar-refractivity contribution in [2.24, 2.45) is 0 Å². The smallest absolute Gasteiger partial charge is 0.268 e. The molecule has 0 saturated carbocycles. The number of nitrogens with zero attached hydrogens (tertiary/aromatic N) is 2. The van der Waals surface area contributed by atoms with Gasteiger partial charge in [-0.15, -0.1) is 0 Å². The molecule has 4 nitrogen and oxygen atoms in total. The summed E-state index contributed by atoms with van der Waals surface area (Å²) >= 11 is 3.56. The Bertz CT molecular complexity index is 631. The molecule has 3 rings (SSSR count). The zero-order chi connectivity index (χ0) is 12.9. The lowest BCUT2D eigenvalue weighted by Crippen LogP contribution is -2.29. The molecule has 1 aromatic heterocycles. The predicted octanol–water partition coefficient (Wildman–Crippen LogP) is 2.85. The van der Waals surface area contributed by atoms with Gasteiger partial charge in [-0.2, -0.15) is 4.39 Å². The van der Waals surface area contributed by atoms with E-state index in [0.717, 1.165) is 4.90 Å². The molecule has 1 aliphatic rings. The minimum absolute atomic E-state index is 0.000874. The molecule has 0 N–H and O–H groups in total. The molecule has 0 unspecified atom stereocenters. The summed E-state index contributed by atoms with van der Waals surface area (Å²) in [4.78, 5) is 28.8. The van der Waals surface area contributed by atoms with Crippen molar-refractivity contribution < 1.29 is 14.0 Å². The normalized spacial score (nSPS) is 14.2. The maximum absolute atomic E-state index is 13.2. The Labute approximate surface area is 113 Å². The molecule has 1 aliphatic heterocycles. The minimum atomic E-state index is -0.568. The predicted molar refractivity (Wildman–Crippen MR) is 67.4 cm³/mol. The largest absolute Gasteiger partial charge is 0.268 e. The van der Waals surface area contributed by atoms with Crippen molar-refractivity contribution in [1.82, 2.24) is 4.98 Å². The van der Waals surface area contributed by atoms with E-state index in [2.05, 4.69) is 20.9 Å². The Morgan fingerprint density at radius 1 is 1.17 bits per heavy atom. The quantitative estimate of drug-likeness (QED) is 0.757.